The van der Waals surface area contributed by atoms with Gasteiger partial charge in [-0.1, -0.05) is 30.5 Å². The van der Waals surface area contributed by atoms with Crippen molar-refractivity contribution in [3.05, 3.63) is 29.0 Å². The van der Waals surface area contributed by atoms with Crippen molar-refractivity contribution in [2.45, 2.75) is 31.3 Å². The number of hydrogen-bond donors (Lipinski definition) is 1. The van der Waals surface area contributed by atoms with Gasteiger partial charge in [0.05, 0.1) is 5.60 Å². The fraction of sp³-hybridized carbons (Fsp3) is 0.643. The van der Waals surface area contributed by atoms with Crippen LogP contribution < -0.4 is 0 Å². The lowest BCUT2D eigenvalue weighted by molar-refractivity contribution is -0.0620. The molecule has 4 heteroatoms. The van der Waals surface area contributed by atoms with Gasteiger partial charge in [0.15, 0.2) is 0 Å². The van der Waals surface area contributed by atoms with Crippen LogP contribution in [0.2, 0.25) is 5.15 Å². The van der Waals surface area contributed by atoms with Gasteiger partial charge in [-0.25, -0.2) is 4.98 Å². The van der Waals surface area contributed by atoms with E-state index in [4.69, 9.17) is 11.6 Å². The molecule has 0 aliphatic heterocycles. The predicted molar refractivity (Wildman–Crippen MR) is 73.7 cm³/mol. The van der Waals surface area contributed by atoms with E-state index in [0.717, 1.165) is 31.4 Å². The average Bonchev–Trinajstić information content (AvgIpc) is 2.32. The fourth-order valence-corrected chi connectivity index (χ4v) is 3.03. The number of nitrogens with zero attached hydrogens (tertiary/aromatic N) is 2. The zero-order chi connectivity index (χ0) is 13.2. The Morgan fingerprint density at radius 2 is 2.22 bits per heavy atom. The zero-order valence-electron chi connectivity index (χ0n) is 11.1. The Balaban J connectivity index is 2.26. The lowest BCUT2D eigenvalue weighted by Crippen LogP contribution is -2.43. The van der Waals surface area contributed by atoms with Gasteiger partial charge >= 0.3 is 0 Å². The Morgan fingerprint density at radius 3 is 2.83 bits per heavy atom. The van der Waals surface area contributed by atoms with Crippen LogP contribution in [0.15, 0.2) is 18.3 Å². The van der Waals surface area contributed by atoms with Gasteiger partial charge in [0.1, 0.15) is 5.15 Å². The van der Waals surface area contributed by atoms with Gasteiger partial charge in [-0.3, -0.25) is 0 Å². The summed E-state index contributed by atoms with van der Waals surface area (Å²) in [6.45, 7) is 0.902. The Bertz CT molecular complexity index is 393. The number of aromatic nitrogens is 1. The molecule has 1 aliphatic rings. The van der Waals surface area contributed by atoms with Crippen molar-refractivity contribution in [1.82, 2.24) is 9.88 Å². The van der Waals surface area contributed by atoms with Crippen LogP contribution in [-0.2, 0) is 5.60 Å². The quantitative estimate of drug-likeness (QED) is 0.857. The topological polar surface area (TPSA) is 36.4 Å². The molecule has 0 aromatic carbocycles. The van der Waals surface area contributed by atoms with E-state index in [1.165, 1.54) is 6.42 Å². The standard InChI is InChI=1S/C14H21ClN2O/c1-17(2)10-12-5-3-4-8-14(12,18)11-6-7-13(15)16-9-11/h6-7,9,12,18H,3-5,8,10H2,1-2H3/t12-,14+/m0/s1. The Kier molecular flexibility index (Phi) is 4.25. The van der Waals surface area contributed by atoms with Crippen LogP contribution in [0.25, 0.3) is 0 Å². The van der Waals surface area contributed by atoms with E-state index >= 15 is 0 Å². The van der Waals surface area contributed by atoms with Crippen LogP contribution in [0, 0.1) is 5.92 Å². The molecule has 1 aliphatic carbocycles. The number of rotatable bonds is 3. The van der Waals surface area contributed by atoms with Crippen LogP contribution in [0.4, 0.5) is 0 Å². The van der Waals surface area contributed by atoms with Crippen LogP contribution in [0.1, 0.15) is 31.2 Å². The van der Waals surface area contributed by atoms with Crippen molar-refractivity contribution in [2.24, 2.45) is 5.92 Å². The fourth-order valence-electron chi connectivity index (χ4n) is 2.92. The van der Waals surface area contributed by atoms with Gasteiger partial charge in [0.2, 0.25) is 0 Å². The van der Waals surface area contributed by atoms with Crippen LogP contribution >= 0.6 is 11.6 Å². The number of halogens is 1. The summed E-state index contributed by atoms with van der Waals surface area (Å²) in [4.78, 5) is 6.25. The summed E-state index contributed by atoms with van der Waals surface area (Å²) in [6.07, 6.45) is 5.87. The van der Waals surface area contributed by atoms with Gasteiger partial charge in [-0.15, -0.1) is 0 Å². The van der Waals surface area contributed by atoms with Gasteiger partial charge in [0.25, 0.3) is 0 Å². The van der Waals surface area contributed by atoms with E-state index in [1.807, 2.05) is 6.07 Å². The summed E-state index contributed by atoms with van der Waals surface area (Å²) in [6, 6.07) is 3.67. The molecule has 1 heterocycles. The minimum atomic E-state index is -0.750. The van der Waals surface area contributed by atoms with Crippen molar-refractivity contribution in [3.8, 4) is 0 Å². The van der Waals surface area contributed by atoms with Crippen LogP contribution in [0.3, 0.4) is 0 Å². The van der Waals surface area contributed by atoms with Crippen molar-refractivity contribution in [2.75, 3.05) is 20.6 Å². The number of pyridine rings is 1. The molecule has 1 aromatic heterocycles. The molecule has 3 nitrogen and oxygen atoms in total. The molecule has 18 heavy (non-hydrogen) atoms. The first-order valence-corrected chi connectivity index (χ1v) is 6.89. The molecule has 0 saturated heterocycles. The number of hydrogen-bond acceptors (Lipinski definition) is 3. The zero-order valence-corrected chi connectivity index (χ0v) is 11.8. The monoisotopic (exact) mass is 268 g/mol. The molecule has 0 spiro atoms. The molecule has 1 fully saturated rings. The highest BCUT2D eigenvalue weighted by atomic mass is 35.5. The van der Waals surface area contributed by atoms with Crippen molar-refractivity contribution in [3.63, 3.8) is 0 Å². The molecule has 2 atom stereocenters. The van der Waals surface area contributed by atoms with E-state index in [2.05, 4.69) is 24.0 Å². The maximum atomic E-state index is 11.0. The largest absolute Gasteiger partial charge is 0.385 e. The summed E-state index contributed by atoms with van der Waals surface area (Å²) in [5.74, 6) is 0.268. The second-order valence-electron chi connectivity index (χ2n) is 5.50. The second-order valence-corrected chi connectivity index (χ2v) is 5.89. The summed E-state index contributed by atoms with van der Waals surface area (Å²) < 4.78 is 0. The third-order valence-corrected chi connectivity index (χ3v) is 4.07. The molecule has 0 unspecified atom stereocenters. The average molecular weight is 269 g/mol. The van der Waals surface area contributed by atoms with Gasteiger partial charge in [0, 0.05) is 24.2 Å². The number of aliphatic hydroxyl groups is 1. The van der Waals surface area contributed by atoms with E-state index in [0.29, 0.717) is 5.15 Å². The van der Waals surface area contributed by atoms with Gasteiger partial charge in [-0.2, -0.15) is 0 Å². The Morgan fingerprint density at radius 1 is 1.44 bits per heavy atom. The highest BCUT2D eigenvalue weighted by molar-refractivity contribution is 6.29. The lowest BCUT2D eigenvalue weighted by Gasteiger charge is -2.41. The minimum Gasteiger partial charge on any atom is -0.385 e. The summed E-state index contributed by atoms with van der Waals surface area (Å²) in [7, 11) is 4.10. The minimum absolute atomic E-state index is 0.268. The summed E-state index contributed by atoms with van der Waals surface area (Å²) >= 11 is 5.82. The second kappa shape index (κ2) is 5.55. The first-order valence-electron chi connectivity index (χ1n) is 6.51. The summed E-state index contributed by atoms with van der Waals surface area (Å²) in [5, 5.41) is 11.5. The van der Waals surface area contributed by atoms with Crippen molar-refractivity contribution < 1.29 is 5.11 Å². The van der Waals surface area contributed by atoms with Gasteiger partial charge in [-0.05, 0) is 33.0 Å². The lowest BCUT2D eigenvalue weighted by atomic mass is 9.71. The Hall–Kier alpha value is -0.640. The van der Waals surface area contributed by atoms with Crippen molar-refractivity contribution in [1.29, 1.82) is 0 Å². The molecule has 0 bridgehead atoms. The molecule has 100 valence electrons. The third-order valence-electron chi connectivity index (χ3n) is 3.85. The normalized spacial score (nSPS) is 28.6. The maximum Gasteiger partial charge on any atom is 0.129 e. The van der Waals surface area contributed by atoms with E-state index < -0.39 is 5.60 Å². The van der Waals surface area contributed by atoms with E-state index in [-0.39, 0.29) is 5.92 Å². The third kappa shape index (κ3) is 2.85. The molecule has 0 radical (unpaired) electrons. The highest BCUT2D eigenvalue weighted by Crippen LogP contribution is 2.41. The van der Waals surface area contributed by atoms with Crippen LogP contribution in [0.5, 0.6) is 0 Å². The SMILES string of the molecule is CN(C)C[C@@H]1CCCC[C@@]1(O)c1ccc(Cl)nc1. The van der Waals surface area contributed by atoms with Crippen molar-refractivity contribution >= 4 is 11.6 Å². The van der Waals surface area contributed by atoms with E-state index in [1.54, 1.807) is 12.3 Å². The summed E-state index contributed by atoms with van der Waals surface area (Å²) in [5.41, 5.74) is 0.151. The molecule has 2 rings (SSSR count). The first kappa shape index (κ1) is 13.8. The van der Waals surface area contributed by atoms with E-state index in [9.17, 15) is 5.11 Å². The molecule has 1 N–H and O–H groups in total. The molecular formula is C14H21ClN2O. The van der Waals surface area contributed by atoms with Gasteiger partial charge < -0.3 is 10.0 Å². The molecule has 0 amide bonds. The molecule has 1 aromatic rings. The maximum absolute atomic E-state index is 11.0. The molecule has 1 saturated carbocycles. The highest BCUT2D eigenvalue weighted by Gasteiger charge is 2.40. The smallest absolute Gasteiger partial charge is 0.129 e. The molecular weight excluding hydrogens is 248 g/mol. The Labute approximate surface area is 114 Å². The first-order chi connectivity index (χ1) is 8.52. The van der Waals surface area contributed by atoms with Crippen LogP contribution in [-0.4, -0.2) is 35.6 Å². The predicted octanol–water partition coefficient (Wildman–Crippen LogP) is 2.67.